The molecule has 3 nitrogen and oxygen atoms in total. The summed E-state index contributed by atoms with van der Waals surface area (Å²) in [6, 6.07) is 21.0. The van der Waals surface area contributed by atoms with E-state index in [1.165, 1.54) is 0 Å². The fourth-order valence-electron chi connectivity index (χ4n) is 2.04. The highest BCUT2D eigenvalue weighted by Gasteiger charge is 2.03. The number of allylic oxidation sites excluding steroid dienone is 1. The summed E-state index contributed by atoms with van der Waals surface area (Å²) in [6.07, 6.45) is 3.30. The quantitative estimate of drug-likeness (QED) is 0.578. The predicted molar refractivity (Wildman–Crippen MR) is 83.8 cm³/mol. The minimum absolute atomic E-state index is 0.0218. The van der Waals surface area contributed by atoms with E-state index in [1.807, 2.05) is 54.6 Å². The SMILES string of the molecule is O=C(C=Cc1cc(-c2ccccc2)n[nH]1)c1ccccc1. The van der Waals surface area contributed by atoms with Gasteiger partial charge in [0, 0.05) is 11.1 Å². The number of nitrogens with zero attached hydrogens (tertiary/aromatic N) is 1. The fourth-order valence-corrected chi connectivity index (χ4v) is 2.04. The Balaban J connectivity index is 1.76. The van der Waals surface area contributed by atoms with Crippen molar-refractivity contribution < 1.29 is 4.79 Å². The van der Waals surface area contributed by atoms with E-state index in [0.717, 1.165) is 17.0 Å². The monoisotopic (exact) mass is 274 g/mol. The zero-order chi connectivity index (χ0) is 14.5. The lowest BCUT2D eigenvalue weighted by atomic mass is 10.1. The van der Waals surface area contributed by atoms with E-state index in [9.17, 15) is 4.79 Å². The van der Waals surface area contributed by atoms with Crippen LogP contribution in [0.25, 0.3) is 17.3 Å². The molecule has 0 fully saturated rings. The largest absolute Gasteiger partial charge is 0.289 e. The number of ketones is 1. The van der Waals surface area contributed by atoms with Crippen molar-refractivity contribution >= 4 is 11.9 Å². The summed E-state index contributed by atoms with van der Waals surface area (Å²) in [7, 11) is 0. The number of hydrogen-bond donors (Lipinski definition) is 1. The molecule has 21 heavy (non-hydrogen) atoms. The first kappa shape index (κ1) is 13.1. The lowest BCUT2D eigenvalue weighted by Gasteiger charge is -1.93. The van der Waals surface area contributed by atoms with Crippen LogP contribution in [0.15, 0.2) is 72.8 Å². The lowest BCUT2D eigenvalue weighted by molar-refractivity contribution is 0.104. The van der Waals surface area contributed by atoms with Crippen molar-refractivity contribution in [3.05, 3.63) is 84.1 Å². The smallest absolute Gasteiger partial charge is 0.185 e. The van der Waals surface area contributed by atoms with E-state index < -0.39 is 0 Å². The normalized spacial score (nSPS) is 10.9. The summed E-state index contributed by atoms with van der Waals surface area (Å²) in [5.74, 6) is -0.0218. The molecule has 0 bridgehead atoms. The van der Waals surface area contributed by atoms with E-state index >= 15 is 0 Å². The van der Waals surface area contributed by atoms with Crippen LogP contribution in [0, 0.1) is 0 Å². The third-order valence-electron chi connectivity index (χ3n) is 3.14. The van der Waals surface area contributed by atoms with Crippen molar-refractivity contribution in [2.45, 2.75) is 0 Å². The lowest BCUT2D eigenvalue weighted by Crippen LogP contribution is -1.92. The van der Waals surface area contributed by atoms with Crippen LogP contribution in [-0.2, 0) is 0 Å². The first-order valence-electron chi connectivity index (χ1n) is 6.71. The van der Waals surface area contributed by atoms with E-state index in [4.69, 9.17) is 0 Å². The second kappa shape index (κ2) is 6.01. The summed E-state index contributed by atoms with van der Waals surface area (Å²) < 4.78 is 0. The van der Waals surface area contributed by atoms with Gasteiger partial charge in [-0.05, 0) is 18.2 Å². The summed E-state index contributed by atoms with van der Waals surface area (Å²) >= 11 is 0. The molecule has 3 heteroatoms. The van der Waals surface area contributed by atoms with Crippen LogP contribution in [0.1, 0.15) is 16.1 Å². The van der Waals surface area contributed by atoms with Crippen molar-refractivity contribution in [3.8, 4) is 11.3 Å². The maximum absolute atomic E-state index is 12.0. The Morgan fingerprint density at radius 3 is 2.33 bits per heavy atom. The molecule has 0 saturated carbocycles. The van der Waals surface area contributed by atoms with Gasteiger partial charge in [-0.25, -0.2) is 0 Å². The summed E-state index contributed by atoms with van der Waals surface area (Å²) in [6.45, 7) is 0. The number of aromatic nitrogens is 2. The fraction of sp³-hybridized carbons (Fsp3) is 0. The standard InChI is InChI=1S/C18H14N2O/c21-18(15-9-5-2-6-10-15)12-11-16-13-17(20-19-16)14-7-3-1-4-8-14/h1-13H,(H,19,20). The second-order valence-corrected chi connectivity index (χ2v) is 4.64. The van der Waals surface area contributed by atoms with Crippen LogP contribution in [0.3, 0.4) is 0 Å². The van der Waals surface area contributed by atoms with Gasteiger partial charge in [0.05, 0.1) is 11.4 Å². The van der Waals surface area contributed by atoms with E-state index in [-0.39, 0.29) is 5.78 Å². The average molecular weight is 274 g/mol. The Labute approximate surface area is 123 Å². The Morgan fingerprint density at radius 2 is 1.62 bits per heavy atom. The molecule has 3 aromatic rings. The van der Waals surface area contributed by atoms with Crippen LogP contribution >= 0.6 is 0 Å². The zero-order valence-electron chi connectivity index (χ0n) is 11.4. The number of carbonyl (C=O) groups excluding carboxylic acids is 1. The van der Waals surface area contributed by atoms with Crippen molar-refractivity contribution in [3.63, 3.8) is 0 Å². The number of hydrogen-bond acceptors (Lipinski definition) is 2. The van der Waals surface area contributed by atoms with Crippen molar-refractivity contribution in [2.24, 2.45) is 0 Å². The molecule has 1 N–H and O–H groups in total. The van der Waals surface area contributed by atoms with Gasteiger partial charge in [-0.15, -0.1) is 0 Å². The Kier molecular flexibility index (Phi) is 3.74. The number of rotatable bonds is 4. The van der Waals surface area contributed by atoms with Gasteiger partial charge in [-0.2, -0.15) is 5.10 Å². The first-order valence-corrected chi connectivity index (χ1v) is 6.71. The maximum Gasteiger partial charge on any atom is 0.185 e. The average Bonchev–Trinajstić information content (AvgIpc) is 3.03. The summed E-state index contributed by atoms with van der Waals surface area (Å²) in [4.78, 5) is 12.0. The van der Waals surface area contributed by atoms with Gasteiger partial charge < -0.3 is 0 Å². The molecule has 102 valence electrons. The Bertz CT molecular complexity index is 758. The van der Waals surface area contributed by atoms with Gasteiger partial charge in [0.25, 0.3) is 0 Å². The van der Waals surface area contributed by atoms with E-state index in [0.29, 0.717) is 5.56 Å². The molecule has 2 aromatic carbocycles. The third kappa shape index (κ3) is 3.15. The third-order valence-corrected chi connectivity index (χ3v) is 3.14. The molecule has 0 radical (unpaired) electrons. The van der Waals surface area contributed by atoms with Crippen LogP contribution in [0.5, 0.6) is 0 Å². The molecule has 0 aliphatic carbocycles. The van der Waals surface area contributed by atoms with E-state index in [2.05, 4.69) is 10.2 Å². The zero-order valence-corrected chi connectivity index (χ0v) is 11.4. The summed E-state index contributed by atoms with van der Waals surface area (Å²) in [5, 5.41) is 7.17. The Morgan fingerprint density at radius 1 is 0.952 bits per heavy atom. The highest BCUT2D eigenvalue weighted by atomic mass is 16.1. The van der Waals surface area contributed by atoms with Gasteiger partial charge >= 0.3 is 0 Å². The van der Waals surface area contributed by atoms with E-state index in [1.54, 1.807) is 24.3 Å². The first-order chi connectivity index (χ1) is 10.3. The molecular weight excluding hydrogens is 260 g/mol. The number of benzene rings is 2. The predicted octanol–water partition coefficient (Wildman–Crippen LogP) is 3.97. The van der Waals surface area contributed by atoms with Crippen LogP contribution in [0.4, 0.5) is 0 Å². The van der Waals surface area contributed by atoms with Gasteiger partial charge in [-0.3, -0.25) is 9.89 Å². The molecule has 1 heterocycles. The molecule has 0 atom stereocenters. The molecule has 0 spiro atoms. The molecule has 0 unspecified atom stereocenters. The molecule has 0 aliphatic rings. The second-order valence-electron chi connectivity index (χ2n) is 4.64. The molecular formula is C18H14N2O. The molecule has 1 aromatic heterocycles. The number of carbonyl (C=O) groups is 1. The van der Waals surface area contributed by atoms with Crippen molar-refractivity contribution in [1.29, 1.82) is 0 Å². The number of nitrogens with one attached hydrogen (secondary N) is 1. The Hall–Kier alpha value is -2.94. The molecule has 0 saturated heterocycles. The van der Waals surface area contributed by atoms with Crippen LogP contribution in [-0.4, -0.2) is 16.0 Å². The van der Waals surface area contributed by atoms with Crippen LogP contribution in [0.2, 0.25) is 0 Å². The van der Waals surface area contributed by atoms with Crippen LogP contribution < -0.4 is 0 Å². The molecule has 0 aliphatic heterocycles. The number of aromatic amines is 1. The minimum atomic E-state index is -0.0218. The van der Waals surface area contributed by atoms with Gasteiger partial charge in [0.1, 0.15) is 0 Å². The van der Waals surface area contributed by atoms with Gasteiger partial charge in [0.2, 0.25) is 0 Å². The number of H-pyrrole nitrogens is 1. The minimum Gasteiger partial charge on any atom is -0.289 e. The van der Waals surface area contributed by atoms with Gasteiger partial charge in [0.15, 0.2) is 5.78 Å². The highest BCUT2D eigenvalue weighted by Crippen LogP contribution is 2.17. The van der Waals surface area contributed by atoms with Gasteiger partial charge in [-0.1, -0.05) is 60.7 Å². The van der Waals surface area contributed by atoms with Crippen molar-refractivity contribution in [2.75, 3.05) is 0 Å². The maximum atomic E-state index is 12.0. The summed E-state index contributed by atoms with van der Waals surface area (Å²) in [5.41, 5.74) is 3.39. The topological polar surface area (TPSA) is 45.8 Å². The molecule has 3 rings (SSSR count). The highest BCUT2D eigenvalue weighted by molar-refractivity contribution is 6.06. The van der Waals surface area contributed by atoms with Crippen molar-refractivity contribution in [1.82, 2.24) is 10.2 Å². The molecule has 0 amide bonds.